The van der Waals surface area contributed by atoms with E-state index in [1.54, 1.807) is 24.5 Å². The lowest BCUT2D eigenvalue weighted by Gasteiger charge is -2.05. The van der Waals surface area contributed by atoms with E-state index >= 15 is 0 Å². The molecule has 0 atom stereocenters. The van der Waals surface area contributed by atoms with Crippen LogP contribution < -0.4 is 5.32 Å². The maximum atomic E-state index is 11.3. The molecule has 0 bridgehead atoms. The third-order valence-corrected chi connectivity index (χ3v) is 2.98. The number of methoxy groups -OCH3 is 1. The van der Waals surface area contributed by atoms with Crippen molar-refractivity contribution in [2.45, 2.75) is 6.54 Å². The van der Waals surface area contributed by atoms with E-state index in [0.29, 0.717) is 12.3 Å². The van der Waals surface area contributed by atoms with Gasteiger partial charge in [0.1, 0.15) is 5.76 Å². The first kappa shape index (κ1) is 13.1. The normalized spacial score (nSPS) is 10.5. The molecule has 3 rings (SSSR count). The van der Waals surface area contributed by atoms with Gasteiger partial charge in [0.05, 0.1) is 24.7 Å². The topological polar surface area (TPSA) is 77.2 Å². The number of anilines is 1. The van der Waals surface area contributed by atoms with Crippen LogP contribution >= 0.6 is 0 Å². The largest absolute Gasteiger partial charge is 0.463 e. The molecule has 0 aliphatic rings. The third-order valence-electron chi connectivity index (χ3n) is 2.98. The number of nitrogens with one attached hydrogen (secondary N) is 1. The molecular weight excluding hydrogens is 270 g/mol. The molecule has 0 aliphatic carbocycles. The van der Waals surface area contributed by atoms with Crippen LogP contribution in [0.1, 0.15) is 16.3 Å². The van der Waals surface area contributed by atoms with Crippen LogP contribution in [0.4, 0.5) is 5.69 Å². The van der Waals surface area contributed by atoms with E-state index in [2.05, 4.69) is 20.0 Å². The number of hydrogen-bond donors (Lipinski definition) is 1. The molecule has 1 N–H and O–H groups in total. The fraction of sp³-hybridized carbons (Fsp3) is 0.133. The average Bonchev–Trinajstić information content (AvgIpc) is 3.01. The molecule has 6 heteroatoms. The van der Waals surface area contributed by atoms with Gasteiger partial charge in [0.2, 0.25) is 5.76 Å². The maximum Gasteiger partial charge on any atom is 0.373 e. The number of rotatable bonds is 4. The van der Waals surface area contributed by atoms with Crippen LogP contribution in [-0.2, 0) is 11.3 Å². The van der Waals surface area contributed by atoms with Gasteiger partial charge in [-0.15, -0.1) is 0 Å². The summed E-state index contributed by atoms with van der Waals surface area (Å²) in [6.07, 6.45) is 3.31. The van der Waals surface area contributed by atoms with Crippen molar-refractivity contribution in [3.05, 3.63) is 54.2 Å². The molecule has 0 unspecified atom stereocenters. The fourth-order valence-corrected chi connectivity index (χ4v) is 1.95. The van der Waals surface area contributed by atoms with Crippen molar-refractivity contribution in [1.82, 2.24) is 9.97 Å². The minimum Gasteiger partial charge on any atom is -0.463 e. The Kier molecular flexibility index (Phi) is 3.51. The number of carbonyl (C=O) groups excluding carboxylic acids is 1. The molecule has 0 spiro atoms. The summed E-state index contributed by atoms with van der Waals surface area (Å²) in [4.78, 5) is 19.8. The number of ether oxygens (including phenoxy) is 1. The molecule has 1 aromatic carbocycles. The van der Waals surface area contributed by atoms with E-state index in [0.717, 1.165) is 16.7 Å². The molecular formula is C15H13N3O3. The minimum atomic E-state index is -0.484. The van der Waals surface area contributed by atoms with E-state index in [1.807, 2.05) is 18.2 Å². The number of esters is 1. The Hall–Kier alpha value is -2.89. The molecule has 0 aliphatic heterocycles. The monoisotopic (exact) mass is 283 g/mol. The molecule has 0 amide bonds. The average molecular weight is 283 g/mol. The first-order valence-corrected chi connectivity index (χ1v) is 6.38. The second-order valence-electron chi connectivity index (χ2n) is 4.37. The van der Waals surface area contributed by atoms with Crippen LogP contribution in [0.2, 0.25) is 0 Å². The lowest BCUT2D eigenvalue weighted by molar-refractivity contribution is 0.0563. The number of fused-ring (bicyclic) bond motifs is 1. The van der Waals surface area contributed by atoms with Crippen molar-refractivity contribution in [3.8, 4) is 0 Å². The van der Waals surface area contributed by atoms with E-state index in [4.69, 9.17) is 4.42 Å². The predicted octanol–water partition coefficient (Wildman–Crippen LogP) is 2.62. The third kappa shape index (κ3) is 2.84. The lowest BCUT2D eigenvalue weighted by atomic mass is 10.2. The van der Waals surface area contributed by atoms with Crippen LogP contribution in [0.15, 0.2) is 47.1 Å². The van der Waals surface area contributed by atoms with Crippen molar-refractivity contribution in [1.29, 1.82) is 0 Å². The van der Waals surface area contributed by atoms with E-state index in [-0.39, 0.29) is 5.76 Å². The van der Waals surface area contributed by atoms with Crippen LogP contribution in [0.3, 0.4) is 0 Å². The molecule has 6 nitrogen and oxygen atoms in total. The van der Waals surface area contributed by atoms with Crippen molar-refractivity contribution in [3.63, 3.8) is 0 Å². The summed E-state index contributed by atoms with van der Waals surface area (Å²) in [6.45, 7) is 0.461. The molecule has 21 heavy (non-hydrogen) atoms. The molecule has 2 aromatic heterocycles. The quantitative estimate of drug-likeness (QED) is 0.742. The number of carbonyl (C=O) groups is 1. The number of hydrogen-bond acceptors (Lipinski definition) is 6. The second-order valence-corrected chi connectivity index (χ2v) is 4.37. The SMILES string of the molecule is COC(=O)c1ccc(CNc2ccc3nccnc3c2)o1. The summed E-state index contributed by atoms with van der Waals surface area (Å²) in [5.41, 5.74) is 2.56. The van der Waals surface area contributed by atoms with Gasteiger partial charge >= 0.3 is 5.97 Å². The Morgan fingerprint density at radius 3 is 2.81 bits per heavy atom. The zero-order valence-electron chi connectivity index (χ0n) is 11.4. The van der Waals surface area contributed by atoms with E-state index in [1.165, 1.54) is 7.11 Å². The van der Waals surface area contributed by atoms with Crippen molar-refractivity contribution in [2.24, 2.45) is 0 Å². The van der Waals surface area contributed by atoms with E-state index < -0.39 is 5.97 Å². The number of aromatic nitrogens is 2. The summed E-state index contributed by atoms with van der Waals surface area (Å²) in [5.74, 6) is 0.357. The van der Waals surface area contributed by atoms with E-state index in [9.17, 15) is 4.79 Å². The van der Waals surface area contributed by atoms with Gasteiger partial charge in [-0.2, -0.15) is 0 Å². The Labute approximate surface area is 120 Å². The predicted molar refractivity (Wildman–Crippen MR) is 76.9 cm³/mol. The van der Waals surface area contributed by atoms with Gasteiger partial charge in [-0.3, -0.25) is 9.97 Å². The Balaban J connectivity index is 1.71. The Morgan fingerprint density at radius 1 is 1.19 bits per heavy atom. The smallest absolute Gasteiger partial charge is 0.373 e. The summed E-state index contributed by atoms with van der Waals surface area (Å²) < 4.78 is 9.97. The van der Waals surface area contributed by atoms with Gasteiger partial charge in [-0.25, -0.2) is 4.79 Å². The zero-order chi connectivity index (χ0) is 14.7. The van der Waals surface area contributed by atoms with Gasteiger partial charge in [0, 0.05) is 18.1 Å². The number of benzene rings is 1. The van der Waals surface area contributed by atoms with Gasteiger partial charge < -0.3 is 14.5 Å². The second kappa shape index (κ2) is 5.62. The van der Waals surface area contributed by atoms with Crippen LogP contribution in [0.5, 0.6) is 0 Å². The zero-order valence-corrected chi connectivity index (χ0v) is 11.4. The Bertz CT molecular complexity index is 782. The molecule has 106 valence electrons. The molecule has 3 aromatic rings. The first-order valence-electron chi connectivity index (χ1n) is 6.38. The summed E-state index contributed by atoms with van der Waals surface area (Å²) >= 11 is 0. The molecule has 0 saturated carbocycles. The fourth-order valence-electron chi connectivity index (χ4n) is 1.95. The molecule has 0 radical (unpaired) electrons. The highest BCUT2D eigenvalue weighted by atomic mass is 16.5. The molecule has 0 fully saturated rings. The summed E-state index contributed by atoms with van der Waals surface area (Å²) in [5, 5.41) is 3.21. The minimum absolute atomic E-state index is 0.193. The lowest BCUT2D eigenvalue weighted by Crippen LogP contribution is -2.00. The molecule has 2 heterocycles. The first-order chi connectivity index (χ1) is 10.3. The highest BCUT2D eigenvalue weighted by molar-refractivity contribution is 5.86. The standard InChI is InChI=1S/C15H13N3O3/c1-20-15(19)14-5-3-11(21-14)9-18-10-2-4-12-13(8-10)17-7-6-16-12/h2-8,18H,9H2,1H3. The van der Waals surface area contributed by atoms with Gasteiger partial charge in [0.25, 0.3) is 0 Å². The Morgan fingerprint density at radius 2 is 2.00 bits per heavy atom. The summed E-state index contributed by atoms with van der Waals surface area (Å²) in [6, 6.07) is 9.05. The van der Waals surface area contributed by atoms with Gasteiger partial charge in [0.15, 0.2) is 0 Å². The summed E-state index contributed by atoms with van der Waals surface area (Å²) in [7, 11) is 1.32. The van der Waals surface area contributed by atoms with Crippen LogP contribution in [0, 0.1) is 0 Å². The highest BCUT2D eigenvalue weighted by Gasteiger charge is 2.10. The van der Waals surface area contributed by atoms with Gasteiger partial charge in [-0.05, 0) is 30.3 Å². The van der Waals surface area contributed by atoms with Crippen LogP contribution in [0.25, 0.3) is 11.0 Å². The molecule has 0 saturated heterocycles. The van der Waals surface area contributed by atoms with Crippen LogP contribution in [-0.4, -0.2) is 23.0 Å². The van der Waals surface area contributed by atoms with Crippen molar-refractivity contribution < 1.29 is 13.9 Å². The van der Waals surface area contributed by atoms with Crippen molar-refractivity contribution >= 4 is 22.7 Å². The maximum absolute atomic E-state index is 11.3. The van der Waals surface area contributed by atoms with Gasteiger partial charge in [-0.1, -0.05) is 0 Å². The highest BCUT2D eigenvalue weighted by Crippen LogP contribution is 2.17. The number of furan rings is 1. The number of nitrogens with zero attached hydrogens (tertiary/aromatic N) is 2. The van der Waals surface area contributed by atoms with Crippen molar-refractivity contribution in [2.75, 3.05) is 12.4 Å².